The fourth-order valence-corrected chi connectivity index (χ4v) is 2.90. The Kier molecular flexibility index (Phi) is 5.21. The van der Waals surface area contributed by atoms with E-state index < -0.39 is 0 Å². The van der Waals surface area contributed by atoms with Crippen molar-refractivity contribution in [2.24, 2.45) is 11.8 Å². The van der Waals surface area contributed by atoms with Crippen LogP contribution in [0.1, 0.15) is 32.1 Å². The van der Waals surface area contributed by atoms with Gasteiger partial charge >= 0.3 is 0 Å². The molecule has 0 aromatic carbocycles. The van der Waals surface area contributed by atoms with Crippen molar-refractivity contribution in [3.05, 3.63) is 0 Å². The first kappa shape index (κ1) is 10.5. The highest BCUT2D eigenvalue weighted by Gasteiger charge is 2.16. The maximum atomic E-state index is 5.69. The van der Waals surface area contributed by atoms with Crippen LogP contribution in [-0.4, -0.2) is 19.9 Å². The molecule has 0 N–H and O–H groups in total. The third kappa shape index (κ3) is 3.43. The highest BCUT2D eigenvalue weighted by atomic mass is 32.2. The molecular weight excluding hydrogens is 163 g/mol. The van der Waals surface area contributed by atoms with Crippen LogP contribution >= 0.6 is 11.8 Å². The van der Waals surface area contributed by atoms with Crippen molar-refractivity contribution in [1.82, 2.24) is 0 Å². The molecule has 0 aliphatic heterocycles. The Morgan fingerprint density at radius 2 is 1.83 bits per heavy atom. The fraction of sp³-hybridized carbons (Fsp3) is 1.00. The minimum atomic E-state index is 0.830. The fourth-order valence-electron chi connectivity index (χ4n) is 2.09. The van der Waals surface area contributed by atoms with E-state index in [9.17, 15) is 0 Å². The van der Waals surface area contributed by atoms with Gasteiger partial charge in [0.25, 0.3) is 0 Å². The summed E-state index contributed by atoms with van der Waals surface area (Å²) in [4.78, 5) is 0. The van der Waals surface area contributed by atoms with Crippen molar-refractivity contribution in [3.63, 3.8) is 0 Å². The predicted octanol–water partition coefficient (Wildman–Crippen LogP) is 3.13. The molecule has 1 aliphatic rings. The zero-order valence-corrected chi connectivity index (χ0v) is 8.91. The zero-order chi connectivity index (χ0) is 8.81. The van der Waals surface area contributed by atoms with Gasteiger partial charge in [0.05, 0.1) is 7.85 Å². The number of thioether (sulfide) groups is 1. The van der Waals surface area contributed by atoms with Crippen LogP contribution in [0.25, 0.3) is 0 Å². The Morgan fingerprint density at radius 1 is 1.17 bits per heavy atom. The van der Waals surface area contributed by atoms with E-state index in [0.717, 1.165) is 18.2 Å². The first-order chi connectivity index (χ1) is 5.86. The third-order valence-corrected chi connectivity index (χ3v) is 3.75. The quantitative estimate of drug-likeness (QED) is 0.477. The van der Waals surface area contributed by atoms with Gasteiger partial charge in [-0.3, -0.25) is 0 Å². The molecule has 1 aliphatic carbocycles. The van der Waals surface area contributed by atoms with Gasteiger partial charge in [-0.15, -0.1) is 0 Å². The molecule has 0 aromatic rings. The van der Waals surface area contributed by atoms with Crippen molar-refractivity contribution in [1.29, 1.82) is 0 Å². The number of rotatable bonds is 3. The molecule has 0 amide bonds. The van der Waals surface area contributed by atoms with Crippen molar-refractivity contribution >= 4 is 19.6 Å². The lowest BCUT2D eigenvalue weighted by Gasteiger charge is -2.12. The van der Waals surface area contributed by atoms with E-state index in [-0.39, 0.29) is 0 Å². The first-order valence-electron chi connectivity index (χ1n) is 5.05. The minimum absolute atomic E-state index is 0.830. The zero-order valence-electron chi connectivity index (χ0n) is 8.09. The Morgan fingerprint density at radius 3 is 2.50 bits per heavy atom. The van der Waals surface area contributed by atoms with E-state index >= 15 is 0 Å². The normalized spacial score (nSPS) is 31.4. The lowest BCUT2D eigenvalue weighted by Crippen LogP contribution is -2.02. The van der Waals surface area contributed by atoms with E-state index in [1.54, 1.807) is 0 Å². The maximum absolute atomic E-state index is 5.69. The summed E-state index contributed by atoms with van der Waals surface area (Å²) < 4.78 is 0. The summed E-state index contributed by atoms with van der Waals surface area (Å²) in [5.41, 5.74) is 0. The third-order valence-electron chi connectivity index (χ3n) is 2.94. The molecule has 2 unspecified atom stereocenters. The Labute approximate surface area is 82.3 Å². The van der Waals surface area contributed by atoms with Crippen molar-refractivity contribution in [2.45, 2.75) is 38.4 Å². The van der Waals surface area contributed by atoms with Crippen LogP contribution in [0.5, 0.6) is 0 Å². The largest absolute Gasteiger partial charge is 0.165 e. The van der Waals surface area contributed by atoms with Gasteiger partial charge < -0.3 is 0 Å². The molecule has 0 bridgehead atoms. The van der Waals surface area contributed by atoms with Crippen molar-refractivity contribution in [2.75, 3.05) is 12.0 Å². The van der Waals surface area contributed by atoms with Crippen LogP contribution in [0, 0.1) is 11.8 Å². The molecular formula is C10H19BS. The summed E-state index contributed by atoms with van der Waals surface area (Å²) in [7, 11) is 5.69. The SMILES string of the molecule is [B]CC1CCCC(CSC)CC1. The lowest BCUT2D eigenvalue weighted by atomic mass is 9.86. The molecule has 1 rings (SSSR count). The second kappa shape index (κ2) is 5.96. The second-order valence-electron chi connectivity index (χ2n) is 3.93. The molecule has 0 saturated heterocycles. The van der Waals surface area contributed by atoms with Crippen LogP contribution in [-0.2, 0) is 0 Å². The summed E-state index contributed by atoms with van der Waals surface area (Å²) in [5.74, 6) is 3.17. The minimum Gasteiger partial charge on any atom is -0.165 e. The summed E-state index contributed by atoms with van der Waals surface area (Å²) in [6, 6.07) is 0. The van der Waals surface area contributed by atoms with Gasteiger partial charge in [0.15, 0.2) is 0 Å². The number of hydrogen-bond acceptors (Lipinski definition) is 1. The van der Waals surface area contributed by atoms with Crippen LogP contribution in [0.15, 0.2) is 0 Å². The molecule has 68 valence electrons. The van der Waals surface area contributed by atoms with Crippen LogP contribution < -0.4 is 0 Å². The van der Waals surface area contributed by atoms with Crippen LogP contribution in [0.3, 0.4) is 0 Å². The van der Waals surface area contributed by atoms with Crippen molar-refractivity contribution < 1.29 is 0 Å². The van der Waals surface area contributed by atoms with E-state index in [4.69, 9.17) is 7.85 Å². The molecule has 2 heteroatoms. The maximum Gasteiger partial charge on any atom is 0.0656 e. The van der Waals surface area contributed by atoms with Crippen LogP contribution in [0.2, 0.25) is 6.32 Å². The topological polar surface area (TPSA) is 0 Å². The van der Waals surface area contributed by atoms with Gasteiger partial charge in [-0.25, -0.2) is 0 Å². The van der Waals surface area contributed by atoms with E-state index in [1.165, 1.54) is 37.9 Å². The predicted molar refractivity (Wildman–Crippen MR) is 59.0 cm³/mol. The summed E-state index contributed by atoms with van der Waals surface area (Å²) >= 11 is 1.99. The second-order valence-corrected chi connectivity index (χ2v) is 4.84. The van der Waals surface area contributed by atoms with Crippen molar-refractivity contribution in [3.8, 4) is 0 Å². The van der Waals surface area contributed by atoms with Gasteiger partial charge in [-0.1, -0.05) is 25.6 Å². The summed E-state index contributed by atoms with van der Waals surface area (Å²) in [6.07, 6.45) is 10.1. The molecule has 1 saturated carbocycles. The van der Waals surface area contributed by atoms with E-state index in [0.29, 0.717) is 0 Å². The van der Waals surface area contributed by atoms with E-state index in [1.807, 2.05) is 11.8 Å². The molecule has 0 heterocycles. The molecule has 0 aromatic heterocycles. The highest BCUT2D eigenvalue weighted by Crippen LogP contribution is 2.30. The summed E-state index contributed by atoms with van der Waals surface area (Å²) in [6.45, 7) is 0. The average Bonchev–Trinajstić information content (AvgIpc) is 2.31. The highest BCUT2D eigenvalue weighted by molar-refractivity contribution is 7.98. The summed E-state index contributed by atoms with van der Waals surface area (Å²) in [5, 5.41) is 0. The van der Waals surface area contributed by atoms with Gasteiger partial charge in [0, 0.05) is 0 Å². The Hall–Kier alpha value is 0.415. The smallest absolute Gasteiger partial charge is 0.0656 e. The Bertz CT molecular complexity index is 116. The number of hydrogen-bond donors (Lipinski definition) is 0. The van der Waals surface area contributed by atoms with Gasteiger partial charge in [0.2, 0.25) is 0 Å². The first-order valence-corrected chi connectivity index (χ1v) is 6.45. The molecule has 2 radical (unpaired) electrons. The van der Waals surface area contributed by atoms with Gasteiger partial charge in [-0.05, 0) is 36.7 Å². The van der Waals surface area contributed by atoms with E-state index in [2.05, 4.69) is 6.26 Å². The standard InChI is InChI=1S/C10H19BS/c1-12-8-10-4-2-3-9(7-11)5-6-10/h9-10H,2-8H2,1H3. The molecule has 1 fully saturated rings. The monoisotopic (exact) mass is 182 g/mol. The van der Waals surface area contributed by atoms with Gasteiger partial charge in [-0.2, -0.15) is 11.8 Å². The molecule has 0 spiro atoms. The average molecular weight is 182 g/mol. The van der Waals surface area contributed by atoms with Gasteiger partial charge in [0.1, 0.15) is 0 Å². The molecule has 12 heavy (non-hydrogen) atoms. The molecule has 0 nitrogen and oxygen atoms in total. The Balaban J connectivity index is 2.24. The van der Waals surface area contributed by atoms with Crippen LogP contribution in [0.4, 0.5) is 0 Å². The molecule has 2 atom stereocenters. The lowest BCUT2D eigenvalue weighted by molar-refractivity contribution is 0.480.